The molecule has 0 spiro atoms. The van der Waals surface area contributed by atoms with Crippen LogP contribution < -0.4 is 91.2 Å². The molecule has 15 atom stereocenters. The van der Waals surface area contributed by atoms with Gasteiger partial charge in [-0.15, -0.1) is 0 Å². The highest BCUT2D eigenvalue weighted by atomic mass is 32.1. The number of thiol groups is 6. The van der Waals surface area contributed by atoms with E-state index in [-0.39, 0.29) is 104 Å². The number of aromatic amines is 1. The number of phenolic OH excluding ortho intramolecular Hbond substituents is 1. The van der Waals surface area contributed by atoms with Crippen LogP contribution in [0.2, 0.25) is 0 Å². The molecule has 2 aromatic carbocycles. The Balaban J connectivity index is 1.45. The van der Waals surface area contributed by atoms with Gasteiger partial charge >= 0.3 is 5.97 Å². The lowest BCUT2D eigenvalue weighted by Crippen LogP contribution is -2.62. The zero-order chi connectivity index (χ0) is 89.6. The molecule has 2 heterocycles. The van der Waals surface area contributed by atoms with Crippen LogP contribution in [0.1, 0.15) is 90.7 Å². The fourth-order valence-electron chi connectivity index (χ4n) is 12.1. The second-order valence-corrected chi connectivity index (χ2v) is 31.3. The maximum absolute atomic E-state index is 14.6. The third kappa shape index (κ3) is 34.0. The van der Waals surface area contributed by atoms with Crippen molar-refractivity contribution >= 4 is 187 Å². The number of rotatable bonds is 52. The number of H-pyrrole nitrogens is 1. The van der Waals surface area contributed by atoms with E-state index in [1.165, 1.54) is 24.3 Å². The highest BCUT2D eigenvalue weighted by molar-refractivity contribution is 7.81. The topological polar surface area (TPSA) is 623 Å². The molecule has 1 fully saturated rings. The van der Waals surface area contributed by atoms with Crippen LogP contribution in [0.5, 0.6) is 5.75 Å². The van der Waals surface area contributed by atoms with Crippen LogP contribution in [-0.2, 0) is 94.3 Å². The van der Waals surface area contributed by atoms with E-state index in [9.17, 15) is 102 Å². The van der Waals surface area contributed by atoms with Crippen molar-refractivity contribution < 1.29 is 102 Å². The van der Waals surface area contributed by atoms with Crippen LogP contribution >= 0.6 is 75.8 Å². The number of fused-ring (bicyclic) bond motifs is 1. The van der Waals surface area contributed by atoms with E-state index >= 15 is 0 Å². The van der Waals surface area contributed by atoms with E-state index in [2.05, 4.69) is 161 Å². The molecule has 0 saturated carbocycles. The monoisotopic (exact) mass is 1800 g/mol. The maximum atomic E-state index is 14.6. The number of carboxylic acids is 1. The summed E-state index contributed by atoms with van der Waals surface area (Å²) in [6.45, 7) is 5.04. The van der Waals surface area contributed by atoms with Crippen molar-refractivity contribution in [3.05, 3.63) is 65.9 Å². The molecule has 1 aromatic heterocycles. The van der Waals surface area contributed by atoms with Gasteiger partial charge in [-0.3, -0.25) is 76.7 Å². The van der Waals surface area contributed by atoms with Crippen LogP contribution in [0.4, 0.5) is 0 Å². The highest BCUT2D eigenvalue weighted by Gasteiger charge is 2.41. The number of hydrogen-bond donors (Lipinski definition) is 28. The van der Waals surface area contributed by atoms with E-state index in [0.717, 1.165) is 11.8 Å². The Morgan fingerprint density at radius 1 is 0.483 bits per heavy atom. The summed E-state index contributed by atoms with van der Waals surface area (Å²) in [5, 5.41) is 78.2. The Labute approximate surface area is 726 Å². The Hall–Kier alpha value is -9.29. The number of nitrogens with zero attached hydrogens (tertiary/aromatic N) is 1. The fraction of sp³-hybridized carbons (Fsp3) is 0.581. The number of nitrogens with two attached hydrogens (primary N) is 2. The number of aliphatic carboxylic acids is 1. The number of carbonyl (C=O) groups excluding carboxylic acids is 16. The number of carboxylic acid groups (broad SMARTS) is 1. The van der Waals surface area contributed by atoms with Crippen molar-refractivity contribution in [2.75, 3.05) is 73.8 Å². The van der Waals surface area contributed by atoms with Gasteiger partial charge in [0.15, 0.2) is 0 Å². The first-order chi connectivity index (χ1) is 56.9. The summed E-state index contributed by atoms with van der Waals surface area (Å²) in [6.07, 6.45) is 0.495. The van der Waals surface area contributed by atoms with Crippen LogP contribution in [0.3, 0.4) is 0 Å². The Morgan fingerprint density at radius 2 is 0.908 bits per heavy atom. The number of aliphatic hydroxyl groups excluding tert-OH is 2. The predicted molar refractivity (Wildman–Crippen MR) is 460 cm³/mol. The number of carbonyl (C=O) groups is 17. The Bertz CT molecular complexity index is 4020. The maximum Gasteiger partial charge on any atom is 0.327 e. The van der Waals surface area contributed by atoms with Gasteiger partial charge in [0.25, 0.3) is 0 Å². The minimum atomic E-state index is -1.86. The van der Waals surface area contributed by atoms with Gasteiger partial charge < -0.3 is 122 Å². The second-order valence-electron chi connectivity index (χ2n) is 29.1. The van der Waals surface area contributed by atoms with Crippen LogP contribution in [0, 0.1) is 11.8 Å². The van der Waals surface area contributed by atoms with Crippen molar-refractivity contribution in [3.63, 3.8) is 0 Å². The van der Waals surface area contributed by atoms with E-state index in [1.807, 2.05) is 0 Å². The average Bonchev–Trinajstić information content (AvgIpc) is 1.66. The summed E-state index contributed by atoms with van der Waals surface area (Å²) in [6, 6.07) is -7.29. The minimum Gasteiger partial charge on any atom is -0.508 e. The number of phenols is 1. The number of unbranched alkanes of at least 4 members (excludes halogenated alkanes) is 1. The molecule has 120 heavy (non-hydrogen) atoms. The molecule has 1 aliphatic heterocycles. The van der Waals surface area contributed by atoms with Gasteiger partial charge in [0.1, 0.15) is 84.3 Å². The normalized spacial score (nSPS) is 16.0. The van der Waals surface area contributed by atoms with Gasteiger partial charge in [0, 0.05) is 71.0 Å². The number of nitrogens with one attached hydrogen (secondary N) is 16. The van der Waals surface area contributed by atoms with Crippen LogP contribution in [-0.4, -0.2) is 295 Å². The van der Waals surface area contributed by atoms with Gasteiger partial charge in [-0.1, -0.05) is 58.0 Å². The lowest BCUT2D eigenvalue weighted by atomic mass is 10.00. The fourth-order valence-corrected chi connectivity index (χ4v) is 13.6. The molecule has 666 valence electrons. The third-order valence-electron chi connectivity index (χ3n) is 18.6. The molecule has 1 saturated heterocycles. The molecule has 0 radical (unpaired) electrons. The molecule has 40 nitrogen and oxygen atoms in total. The number of aromatic hydroxyl groups is 1. The van der Waals surface area contributed by atoms with Gasteiger partial charge in [-0.05, 0) is 99.6 Å². The zero-order valence-electron chi connectivity index (χ0n) is 66.9. The predicted octanol–water partition coefficient (Wildman–Crippen LogP) is -6.60. The molecule has 24 N–H and O–H groups in total. The number of para-hydroxylation sites is 1. The number of likely N-dealkylation sites (tertiary alicyclic amines) is 1. The highest BCUT2D eigenvalue weighted by Crippen LogP contribution is 2.22. The number of hydrogen-bond acceptors (Lipinski definition) is 28. The smallest absolute Gasteiger partial charge is 0.327 e. The molecule has 1 aliphatic rings. The molecule has 3 aromatic rings. The average molecular weight is 1800 g/mol. The van der Waals surface area contributed by atoms with Gasteiger partial charge in [-0.25, -0.2) is 4.79 Å². The number of amides is 16. The van der Waals surface area contributed by atoms with Crippen molar-refractivity contribution in [2.45, 2.75) is 183 Å². The summed E-state index contributed by atoms with van der Waals surface area (Å²) in [5.74, 6) is -18.2. The first kappa shape index (κ1) is 103. The van der Waals surface area contributed by atoms with E-state index in [4.69, 9.17) is 11.5 Å². The van der Waals surface area contributed by atoms with Gasteiger partial charge in [-0.2, -0.15) is 75.8 Å². The third-order valence-corrected chi connectivity index (χ3v) is 20.8. The van der Waals surface area contributed by atoms with Crippen molar-refractivity contribution in [1.29, 1.82) is 0 Å². The minimum absolute atomic E-state index is 0.0177. The molecular formula is C74H113N19O21S6. The molecular weight excluding hydrogens is 1680 g/mol. The van der Waals surface area contributed by atoms with E-state index in [1.54, 1.807) is 58.2 Å². The lowest BCUT2D eigenvalue weighted by molar-refractivity contribution is -0.143. The zero-order valence-corrected chi connectivity index (χ0v) is 72.2. The van der Waals surface area contributed by atoms with Crippen LogP contribution in [0.25, 0.3) is 10.9 Å². The summed E-state index contributed by atoms with van der Waals surface area (Å²) in [7, 11) is 0. The van der Waals surface area contributed by atoms with E-state index < -0.39 is 223 Å². The second kappa shape index (κ2) is 52.8. The number of aliphatic hydroxyl groups is 2. The van der Waals surface area contributed by atoms with Crippen molar-refractivity contribution in [3.8, 4) is 5.75 Å². The molecule has 15 unspecified atom stereocenters. The molecule has 46 heteroatoms. The van der Waals surface area contributed by atoms with Gasteiger partial charge in [0.2, 0.25) is 94.5 Å². The first-order valence-corrected chi connectivity index (χ1v) is 42.4. The van der Waals surface area contributed by atoms with Crippen molar-refractivity contribution in [2.24, 2.45) is 23.3 Å². The van der Waals surface area contributed by atoms with Gasteiger partial charge in [0.05, 0.1) is 38.4 Å². The summed E-state index contributed by atoms with van der Waals surface area (Å²) >= 11 is 24.7. The lowest BCUT2D eigenvalue weighted by Gasteiger charge is -2.29. The Morgan fingerprint density at radius 3 is 1.42 bits per heavy atom. The SMILES string of the molecule is CC(C)CC(NC(=O)C(CC(C)C)NC(=O)C(CS)NC(=O)C(NC(=O)C(Cc1c[nH]c2ccccc12)NC(=O)CNC(=O)C(Cc1ccc(O)cc1)NC(=O)C(CCCCN)NC(=O)C(CS)NC(=O)C(N)CS)C(C)O)C(=O)NCC(=O)NC(CS)C(=O)NC(CO)C(=O)N1CCCC1C(=O)NC(CS)C(=O)NCC(=O)NC(CS)C(=O)O. The standard InChI is InChI=1S/C74H113N19O21S6/c1-36(2)21-46(62(101)78-27-58(98)82-52(32-117)68(107)88-50(29-94)73(112)93-20-10-14-56(93)71(110)90-51(31-116)64(103)80-28-59(99)83-55(35-120)74(113)114)85-66(105)47(22-37(3)4)86-70(109)54(34-119)91-72(111)60(38(5)95)92-67(106)49(24-40-25-77-44-12-7-6-11-42(40)44)81-57(97)26-79-63(102)48(23-39-15-17-41(96)18-16-39)87-65(104)45(13-8-9-19-75)84-69(108)53(33-118)89-61(100)43(76)30-115/h6-7,11-12,15-18,25,36-38,43,45-56,60,77,94-96,115-120H,8-10,13-14,19-24,26-35,75-76H2,1-5H3,(H,78,101)(H,79,102)(H,80,103)(H,81,97)(H,82,98)(H,83,99)(H,84,108)(H,85,105)(H,86,109)(H,87,104)(H,88,107)(H,89,100)(H,90,110)(H,91,111)(H,92,106)(H,113,114). The van der Waals surface area contributed by atoms with Crippen LogP contribution in [0.15, 0.2) is 54.7 Å². The summed E-state index contributed by atoms with van der Waals surface area (Å²) in [4.78, 5) is 235. The number of benzene rings is 2. The number of aromatic nitrogens is 1. The van der Waals surface area contributed by atoms with E-state index in [0.29, 0.717) is 34.9 Å². The summed E-state index contributed by atoms with van der Waals surface area (Å²) in [5.41, 5.74) is 13.1. The molecule has 0 bridgehead atoms. The first-order valence-electron chi connectivity index (χ1n) is 38.6. The molecule has 16 amide bonds. The van der Waals surface area contributed by atoms with Crippen molar-refractivity contribution in [1.82, 2.24) is 89.6 Å². The summed E-state index contributed by atoms with van der Waals surface area (Å²) < 4.78 is 0. The largest absolute Gasteiger partial charge is 0.508 e. The quantitative estimate of drug-likeness (QED) is 0.0185. The molecule has 0 aliphatic carbocycles. The molecule has 4 rings (SSSR count). The Kier molecular flexibility index (Phi) is 45.3.